The lowest BCUT2D eigenvalue weighted by Gasteiger charge is -2.30. The minimum atomic E-state index is -1.48. The summed E-state index contributed by atoms with van der Waals surface area (Å²) in [5.74, 6) is -1.31. The largest absolute Gasteiger partial charge is 0.316 e. The van der Waals surface area contributed by atoms with Crippen molar-refractivity contribution in [3.05, 3.63) is 35.4 Å². The summed E-state index contributed by atoms with van der Waals surface area (Å²) in [6.07, 6.45) is 0.439. The van der Waals surface area contributed by atoms with E-state index in [2.05, 4.69) is 5.32 Å². The number of nitrogens with one attached hydrogen (secondary N) is 1. The number of hydrogen-bond acceptors (Lipinski definition) is 1. The number of alkyl halides is 1. The molecule has 1 heterocycles. The van der Waals surface area contributed by atoms with Crippen molar-refractivity contribution in [2.75, 3.05) is 13.1 Å². The molecule has 0 bridgehead atoms. The Morgan fingerprint density at radius 3 is 2.25 bits per heavy atom. The van der Waals surface area contributed by atoms with Crippen LogP contribution in [0.25, 0.3) is 0 Å². The zero-order valence-corrected chi connectivity index (χ0v) is 8.90. The monoisotopic (exact) mass is 229 g/mol. The van der Waals surface area contributed by atoms with E-state index in [0.29, 0.717) is 25.9 Å². The van der Waals surface area contributed by atoms with E-state index in [1.54, 1.807) is 0 Å². The van der Waals surface area contributed by atoms with Crippen molar-refractivity contribution in [1.82, 2.24) is 5.32 Å². The molecule has 0 atom stereocenters. The maximum absolute atomic E-state index is 14.2. The highest BCUT2D eigenvalue weighted by Gasteiger charge is 2.33. The molecule has 0 radical (unpaired) electrons. The van der Waals surface area contributed by atoms with Gasteiger partial charge in [0.05, 0.1) is 0 Å². The molecule has 0 unspecified atom stereocenters. The predicted octanol–water partition coefficient (Wildman–Crippen LogP) is 2.60. The Balaban J connectivity index is 2.19. The molecule has 0 saturated carbocycles. The second-order valence-electron chi connectivity index (χ2n) is 4.28. The summed E-state index contributed by atoms with van der Waals surface area (Å²) in [6.45, 7) is 1.12. The minimum absolute atomic E-state index is 0.132. The van der Waals surface area contributed by atoms with Gasteiger partial charge in [0.1, 0.15) is 17.3 Å². The Morgan fingerprint density at radius 1 is 1.12 bits per heavy atom. The standard InChI is InChI=1S/C12H14F3N/c13-10-2-1-3-11(14)9(10)8-12(15)4-6-16-7-5-12/h1-3,16H,4-8H2. The smallest absolute Gasteiger partial charge is 0.129 e. The Kier molecular flexibility index (Phi) is 3.19. The number of halogens is 3. The van der Waals surface area contributed by atoms with Crippen LogP contribution in [-0.4, -0.2) is 18.8 Å². The lowest BCUT2D eigenvalue weighted by molar-refractivity contribution is 0.114. The van der Waals surface area contributed by atoms with Crippen LogP contribution in [0.2, 0.25) is 0 Å². The number of piperidine rings is 1. The van der Waals surface area contributed by atoms with Crippen molar-refractivity contribution in [2.45, 2.75) is 24.9 Å². The van der Waals surface area contributed by atoms with Crippen molar-refractivity contribution in [3.63, 3.8) is 0 Å². The van der Waals surface area contributed by atoms with Gasteiger partial charge in [-0.1, -0.05) is 6.07 Å². The van der Waals surface area contributed by atoms with Gasteiger partial charge in [0.25, 0.3) is 0 Å². The molecular formula is C12H14F3N. The summed E-state index contributed by atoms with van der Waals surface area (Å²) in [7, 11) is 0. The van der Waals surface area contributed by atoms with Crippen molar-refractivity contribution < 1.29 is 13.2 Å². The second-order valence-corrected chi connectivity index (χ2v) is 4.28. The number of rotatable bonds is 2. The summed E-state index contributed by atoms with van der Waals surface area (Å²) >= 11 is 0. The fourth-order valence-corrected chi connectivity index (χ4v) is 2.07. The molecule has 1 saturated heterocycles. The fourth-order valence-electron chi connectivity index (χ4n) is 2.07. The molecule has 0 aromatic heterocycles. The maximum Gasteiger partial charge on any atom is 0.129 e. The van der Waals surface area contributed by atoms with E-state index in [9.17, 15) is 13.2 Å². The first-order chi connectivity index (χ1) is 7.61. The molecule has 1 aromatic carbocycles. The van der Waals surface area contributed by atoms with Gasteiger partial charge in [0, 0.05) is 12.0 Å². The summed E-state index contributed by atoms with van der Waals surface area (Å²) in [5, 5.41) is 3.03. The quantitative estimate of drug-likeness (QED) is 0.822. The molecule has 2 rings (SSSR count). The third kappa shape index (κ3) is 2.38. The Bertz CT molecular complexity index is 352. The highest BCUT2D eigenvalue weighted by molar-refractivity contribution is 5.22. The average Bonchev–Trinajstić information content (AvgIpc) is 2.25. The number of benzene rings is 1. The van der Waals surface area contributed by atoms with Crippen LogP contribution < -0.4 is 5.32 Å². The van der Waals surface area contributed by atoms with Gasteiger partial charge >= 0.3 is 0 Å². The molecule has 0 aliphatic carbocycles. The van der Waals surface area contributed by atoms with Gasteiger partial charge < -0.3 is 5.32 Å². The zero-order valence-electron chi connectivity index (χ0n) is 8.90. The molecule has 1 fully saturated rings. The molecule has 0 spiro atoms. The van der Waals surface area contributed by atoms with E-state index in [4.69, 9.17) is 0 Å². The van der Waals surface area contributed by atoms with Crippen LogP contribution in [-0.2, 0) is 6.42 Å². The molecule has 0 amide bonds. The van der Waals surface area contributed by atoms with Crippen molar-refractivity contribution in [3.8, 4) is 0 Å². The van der Waals surface area contributed by atoms with Gasteiger partial charge in [0.2, 0.25) is 0 Å². The first kappa shape index (κ1) is 11.5. The van der Waals surface area contributed by atoms with E-state index < -0.39 is 17.3 Å². The molecule has 1 N–H and O–H groups in total. The van der Waals surface area contributed by atoms with Crippen molar-refractivity contribution in [1.29, 1.82) is 0 Å². The maximum atomic E-state index is 14.2. The van der Waals surface area contributed by atoms with Crippen LogP contribution >= 0.6 is 0 Å². The predicted molar refractivity (Wildman–Crippen MR) is 56.0 cm³/mol. The lowest BCUT2D eigenvalue weighted by Crippen LogP contribution is -2.40. The van der Waals surface area contributed by atoms with Crippen LogP contribution in [0, 0.1) is 11.6 Å². The fraction of sp³-hybridized carbons (Fsp3) is 0.500. The third-order valence-electron chi connectivity index (χ3n) is 3.05. The zero-order chi connectivity index (χ0) is 11.6. The minimum Gasteiger partial charge on any atom is -0.316 e. The summed E-state index contributed by atoms with van der Waals surface area (Å²) in [5.41, 5.74) is -1.61. The molecular weight excluding hydrogens is 215 g/mol. The molecule has 1 aliphatic heterocycles. The Hall–Kier alpha value is -1.03. The summed E-state index contributed by atoms with van der Waals surface area (Å²) in [6, 6.07) is 3.63. The second kappa shape index (κ2) is 4.45. The summed E-state index contributed by atoms with van der Waals surface area (Å²) in [4.78, 5) is 0. The van der Waals surface area contributed by atoms with Crippen molar-refractivity contribution in [2.24, 2.45) is 0 Å². The molecule has 4 heteroatoms. The topological polar surface area (TPSA) is 12.0 Å². The van der Waals surface area contributed by atoms with Crippen LogP contribution in [0.15, 0.2) is 18.2 Å². The average molecular weight is 229 g/mol. The van der Waals surface area contributed by atoms with Gasteiger partial charge in [-0.2, -0.15) is 0 Å². The lowest BCUT2D eigenvalue weighted by atomic mass is 9.87. The summed E-state index contributed by atoms with van der Waals surface area (Å²) < 4.78 is 41.0. The van der Waals surface area contributed by atoms with Gasteiger partial charge in [0.15, 0.2) is 0 Å². The normalized spacial score (nSPS) is 19.7. The van der Waals surface area contributed by atoms with Crippen LogP contribution in [0.5, 0.6) is 0 Å². The molecule has 1 aromatic rings. The Labute approximate surface area is 92.7 Å². The Morgan fingerprint density at radius 2 is 1.69 bits per heavy atom. The van der Waals surface area contributed by atoms with Gasteiger partial charge in [-0.25, -0.2) is 13.2 Å². The highest BCUT2D eigenvalue weighted by Crippen LogP contribution is 2.29. The van der Waals surface area contributed by atoms with E-state index >= 15 is 0 Å². The van der Waals surface area contributed by atoms with Gasteiger partial charge in [-0.15, -0.1) is 0 Å². The molecule has 1 nitrogen and oxygen atoms in total. The van der Waals surface area contributed by atoms with E-state index in [1.165, 1.54) is 18.2 Å². The van der Waals surface area contributed by atoms with E-state index in [0.717, 1.165) is 0 Å². The van der Waals surface area contributed by atoms with E-state index in [1.807, 2.05) is 0 Å². The first-order valence-corrected chi connectivity index (χ1v) is 5.43. The van der Waals surface area contributed by atoms with Crippen LogP contribution in [0.4, 0.5) is 13.2 Å². The van der Waals surface area contributed by atoms with Crippen LogP contribution in [0.1, 0.15) is 18.4 Å². The molecule has 1 aliphatic rings. The highest BCUT2D eigenvalue weighted by atomic mass is 19.1. The molecule has 88 valence electrons. The first-order valence-electron chi connectivity index (χ1n) is 5.43. The van der Waals surface area contributed by atoms with E-state index in [-0.39, 0.29) is 12.0 Å². The van der Waals surface area contributed by atoms with Gasteiger partial charge in [-0.05, 0) is 38.1 Å². The molecule has 16 heavy (non-hydrogen) atoms. The number of hydrogen-bond donors (Lipinski definition) is 1. The SMILES string of the molecule is Fc1cccc(F)c1CC1(F)CCNCC1. The third-order valence-corrected chi connectivity index (χ3v) is 3.05. The van der Waals surface area contributed by atoms with Crippen molar-refractivity contribution >= 4 is 0 Å². The van der Waals surface area contributed by atoms with Gasteiger partial charge in [-0.3, -0.25) is 0 Å². The van der Waals surface area contributed by atoms with Crippen LogP contribution in [0.3, 0.4) is 0 Å².